The Morgan fingerprint density at radius 3 is 2.32 bits per heavy atom. The summed E-state index contributed by atoms with van der Waals surface area (Å²) in [5, 5.41) is 7.22. The molecule has 7 heteroatoms. The van der Waals surface area contributed by atoms with E-state index in [-0.39, 0.29) is 24.7 Å². The smallest absolute Gasteiger partial charge is 0.310 e. The Kier molecular flexibility index (Phi) is 6.97. The maximum atomic E-state index is 12.3. The molecule has 160 valence electrons. The van der Waals surface area contributed by atoms with Crippen LogP contribution in [0.5, 0.6) is 0 Å². The first kappa shape index (κ1) is 22.0. The predicted octanol–water partition coefficient (Wildman–Crippen LogP) is 3.09. The number of Topliss-reactive ketones (excluding diaryl/α,β-unsaturated/α-hetero) is 1. The van der Waals surface area contributed by atoms with Crippen LogP contribution >= 0.6 is 0 Å². The number of ketones is 1. The number of hydrogen-bond acceptors (Lipinski definition) is 5. The Morgan fingerprint density at radius 1 is 1.00 bits per heavy atom. The molecule has 0 aliphatic heterocycles. The van der Waals surface area contributed by atoms with E-state index in [1.165, 1.54) is 6.92 Å². The third-order valence-electron chi connectivity index (χ3n) is 4.94. The van der Waals surface area contributed by atoms with E-state index >= 15 is 0 Å². The number of rotatable bonds is 8. The molecule has 0 atom stereocenters. The molecule has 3 aromatic rings. The van der Waals surface area contributed by atoms with Crippen molar-refractivity contribution in [3.05, 3.63) is 82.7 Å². The highest BCUT2D eigenvalue weighted by atomic mass is 16.5. The van der Waals surface area contributed by atoms with Gasteiger partial charge >= 0.3 is 5.97 Å². The lowest BCUT2D eigenvalue weighted by Gasteiger charge is -2.07. The second-order valence-electron chi connectivity index (χ2n) is 7.26. The number of hydrogen-bond donors (Lipinski definition) is 1. The first-order valence-electron chi connectivity index (χ1n) is 9.98. The molecule has 0 saturated carbocycles. The average molecular weight is 419 g/mol. The van der Waals surface area contributed by atoms with Crippen molar-refractivity contribution >= 4 is 17.7 Å². The highest BCUT2D eigenvalue weighted by Gasteiger charge is 2.18. The zero-order valence-corrected chi connectivity index (χ0v) is 17.8. The van der Waals surface area contributed by atoms with Crippen LogP contribution < -0.4 is 5.32 Å². The SMILES string of the molecule is CC(=O)NCc1ccc(C(=O)COC(=O)Cc2c(C)nn(-c3ccccc3)c2C)cc1. The minimum atomic E-state index is -0.477. The van der Waals surface area contributed by atoms with Crippen LogP contribution in [0.15, 0.2) is 54.6 Å². The zero-order chi connectivity index (χ0) is 22.4. The van der Waals surface area contributed by atoms with E-state index in [0.29, 0.717) is 12.1 Å². The fraction of sp³-hybridized carbons (Fsp3) is 0.250. The lowest BCUT2D eigenvalue weighted by molar-refractivity contribution is -0.141. The number of aryl methyl sites for hydroxylation is 1. The van der Waals surface area contributed by atoms with Crippen molar-refractivity contribution in [1.29, 1.82) is 0 Å². The van der Waals surface area contributed by atoms with E-state index in [1.54, 1.807) is 28.9 Å². The number of nitrogens with one attached hydrogen (secondary N) is 1. The molecular weight excluding hydrogens is 394 g/mol. The summed E-state index contributed by atoms with van der Waals surface area (Å²) in [6.07, 6.45) is 0.0490. The van der Waals surface area contributed by atoms with Gasteiger partial charge in [-0.2, -0.15) is 5.10 Å². The molecule has 31 heavy (non-hydrogen) atoms. The van der Waals surface area contributed by atoms with E-state index in [1.807, 2.05) is 44.2 Å². The van der Waals surface area contributed by atoms with Crippen LogP contribution in [0.1, 0.15) is 39.8 Å². The van der Waals surface area contributed by atoms with Gasteiger partial charge in [-0.15, -0.1) is 0 Å². The molecule has 0 bridgehead atoms. The Hall–Kier alpha value is -3.74. The maximum absolute atomic E-state index is 12.3. The van der Waals surface area contributed by atoms with Gasteiger partial charge in [0.25, 0.3) is 0 Å². The summed E-state index contributed by atoms with van der Waals surface area (Å²) in [7, 11) is 0. The monoisotopic (exact) mass is 419 g/mol. The molecule has 0 unspecified atom stereocenters. The van der Waals surface area contributed by atoms with E-state index in [4.69, 9.17) is 4.74 Å². The molecule has 1 amide bonds. The van der Waals surface area contributed by atoms with Crippen molar-refractivity contribution < 1.29 is 19.1 Å². The molecule has 0 aliphatic rings. The van der Waals surface area contributed by atoms with Crippen LogP contribution in [0.2, 0.25) is 0 Å². The van der Waals surface area contributed by atoms with Crippen LogP contribution in [0, 0.1) is 13.8 Å². The standard InChI is InChI=1S/C24H25N3O4/c1-16-22(17(2)27(26-16)21-7-5-4-6-8-21)13-24(30)31-15-23(29)20-11-9-19(10-12-20)14-25-18(3)28/h4-12H,13-15H2,1-3H3,(H,25,28). The van der Waals surface area contributed by atoms with Crippen LogP contribution in [0.25, 0.3) is 5.69 Å². The minimum Gasteiger partial charge on any atom is -0.457 e. The van der Waals surface area contributed by atoms with Gasteiger partial charge < -0.3 is 10.1 Å². The van der Waals surface area contributed by atoms with Gasteiger partial charge in [-0.05, 0) is 31.5 Å². The van der Waals surface area contributed by atoms with Crippen molar-refractivity contribution in [1.82, 2.24) is 15.1 Å². The van der Waals surface area contributed by atoms with E-state index < -0.39 is 5.97 Å². The zero-order valence-electron chi connectivity index (χ0n) is 17.8. The normalized spacial score (nSPS) is 10.5. The summed E-state index contributed by atoms with van der Waals surface area (Å²) in [5.74, 6) is -0.880. The third kappa shape index (κ3) is 5.66. The second kappa shape index (κ2) is 9.84. The maximum Gasteiger partial charge on any atom is 0.310 e. The fourth-order valence-electron chi connectivity index (χ4n) is 3.21. The van der Waals surface area contributed by atoms with Crippen molar-refractivity contribution in [3.63, 3.8) is 0 Å². The Morgan fingerprint density at radius 2 is 1.68 bits per heavy atom. The van der Waals surface area contributed by atoms with Gasteiger partial charge in [0.05, 0.1) is 17.8 Å². The van der Waals surface area contributed by atoms with E-state index in [0.717, 1.165) is 28.2 Å². The molecular formula is C24H25N3O4. The molecule has 0 spiro atoms. The summed E-state index contributed by atoms with van der Waals surface area (Å²) in [5.41, 5.74) is 4.65. The summed E-state index contributed by atoms with van der Waals surface area (Å²) >= 11 is 0. The fourth-order valence-corrected chi connectivity index (χ4v) is 3.21. The van der Waals surface area contributed by atoms with Gasteiger partial charge in [-0.3, -0.25) is 14.4 Å². The highest BCUT2D eigenvalue weighted by Crippen LogP contribution is 2.18. The summed E-state index contributed by atoms with van der Waals surface area (Å²) in [6, 6.07) is 16.5. The number of esters is 1. The van der Waals surface area contributed by atoms with Crippen molar-refractivity contribution in [2.75, 3.05) is 6.61 Å². The number of amides is 1. The summed E-state index contributed by atoms with van der Waals surface area (Å²) in [4.78, 5) is 35.7. The quantitative estimate of drug-likeness (QED) is 0.448. The van der Waals surface area contributed by atoms with E-state index in [2.05, 4.69) is 10.4 Å². The van der Waals surface area contributed by atoms with Crippen LogP contribution in [0.4, 0.5) is 0 Å². The highest BCUT2D eigenvalue weighted by molar-refractivity contribution is 5.98. The Balaban J connectivity index is 1.57. The number of carbonyl (C=O) groups is 3. The number of benzene rings is 2. The van der Waals surface area contributed by atoms with Crippen LogP contribution in [-0.4, -0.2) is 34.0 Å². The number of nitrogens with zero attached hydrogens (tertiary/aromatic N) is 2. The third-order valence-corrected chi connectivity index (χ3v) is 4.94. The van der Waals surface area contributed by atoms with Gasteiger partial charge in [0.2, 0.25) is 5.91 Å². The van der Waals surface area contributed by atoms with Gasteiger partial charge in [-0.25, -0.2) is 4.68 Å². The lowest BCUT2D eigenvalue weighted by Crippen LogP contribution is -2.19. The minimum absolute atomic E-state index is 0.0490. The first-order valence-corrected chi connectivity index (χ1v) is 9.98. The molecule has 3 rings (SSSR count). The van der Waals surface area contributed by atoms with Crippen molar-refractivity contribution in [2.45, 2.75) is 33.7 Å². The lowest BCUT2D eigenvalue weighted by atomic mass is 10.1. The number of carbonyl (C=O) groups excluding carboxylic acids is 3. The van der Waals surface area contributed by atoms with Gasteiger partial charge in [0, 0.05) is 30.3 Å². The van der Waals surface area contributed by atoms with E-state index in [9.17, 15) is 14.4 Å². The molecule has 1 N–H and O–H groups in total. The van der Waals surface area contributed by atoms with Gasteiger partial charge in [0.1, 0.15) is 0 Å². The molecule has 1 aromatic heterocycles. The molecule has 1 heterocycles. The molecule has 0 radical (unpaired) electrons. The number of para-hydroxylation sites is 1. The van der Waals surface area contributed by atoms with Gasteiger partial charge in [0.15, 0.2) is 12.4 Å². The number of aromatic nitrogens is 2. The summed E-state index contributed by atoms with van der Waals surface area (Å²) < 4.78 is 7.01. The van der Waals surface area contributed by atoms with Crippen molar-refractivity contribution in [3.8, 4) is 5.69 Å². The molecule has 0 aliphatic carbocycles. The van der Waals surface area contributed by atoms with Crippen LogP contribution in [-0.2, 0) is 27.3 Å². The Labute approximate surface area is 181 Å². The largest absolute Gasteiger partial charge is 0.457 e. The van der Waals surface area contributed by atoms with Crippen molar-refractivity contribution in [2.24, 2.45) is 0 Å². The molecule has 7 nitrogen and oxygen atoms in total. The van der Waals surface area contributed by atoms with Gasteiger partial charge in [-0.1, -0.05) is 42.5 Å². The molecule has 0 fully saturated rings. The first-order chi connectivity index (χ1) is 14.8. The Bertz CT molecular complexity index is 1090. The van der Waals surface area contributed by atoms with Crippen LogP contribution in [0.3, 0.4) is 0 Å². The second-order valence-corrected chi connectivity index (χ2v) is 7.26. The number of ether oxygens (including phenoxy) is 1. The molecule has 2 aromatic carbocycles. The summed E-state index contributed by atoms with van der Waals surface area (Å²) in [6.45, 7) is 5.27. The average Bonchev–Trinajstić information content (AvgIpc) is 3.05. The molecule has 0 saturated heterocycles. The predicted molar refractivity (Wildman–Crippen MR) is 116 cm³/mol. The topological polar surface area (TPSA) is 90.3 Å².